The summed E-state index contributed by atoms with van der Waals surface area (Å²) in [5.41, 5.74) is 0.553. The van der Waals surface area contributed by atoms with Crippen LogP contribution in [0.3, 0.4) is 0 Å². The molecule has 2 rings (SSSR count). The second-order valence-electron chi connectivity index (χ2n) is 4.87. The topological polar surface area (TPSA) is 32.3 Å². The van der Waals surface area contributed by atoms with Crippen LogP contribution in [0.25, 0.3) is 0 Å². The highest BCUT2D eigenvalue weighted by molar-refractivity contribution is 5.82. The number of carbonyl (C=O) groups excluding carboxylic acids is 1. The van der Waals surface area contributed by atoms with Crippen molar-refractivity contribution in [3.05, 3.63) is 0 Å². The second kappa shape index (κ2) is 3.07. The van der Waals surface area contributed by atoms with E-state index in [1.165, 1.54) is 0 Å². The van der Waals surface area contributed by atoms with Gasteiger partial charge in [0.25, 0.3) is 0 Å². The molecule has 2 fully saturated rings. The highest BCUT2D eigenvalue weighted by atomic mass is 16.1. The first-order chi connectivity index (χ1) is 6.11. The van der Waals surface area contributed by atoms with E-state index >= 15 is 0 Å². The van der Waals surface area contributed by atoms with Gasteiger partial charge in [0.2, 0.25) is 0 Å². The number of carbonyl (C=O) groups is 1. The minimum atomic E-state index is 0.191. The van der Waals surface area contributed by atoms with E-state index in [-0.39, 0.29) is 5.92 Å². The molecule has 13 heavy (non-hydrogen) atoms. The van der Waals surface area contributed by atoms with Gasteiger partial charge in [-0.3, -0.25) is 9.69 Å². The molecule has 2 aliphatic rings. The Morgan fingerprint density at radius 2 is 2.08 bits per heavy atom. The monoisotopic (exact) mass is 182 g/mol. The summed E-state index contributed by atoms with van der Waals surface area (Å²) in [6.07, 6.45) is 0. The highest BCUT2D eigenvalue weighted by Crippen LogP contribution is 2.33. The average molecular weight is 182 g/mol. The standard InChI is InChI=1S/C10H18N2O/c1-8(2)9(13)3-12-6-10(7-12)4-11-5-10/h8,11H,3-7H2,1-2H3. The van der Waals surface area contributed by atoms with Crippen LogP contribution >= 0.6 is 0 Å². The van der Waals surface area contributed by atoms with Crippen LogP contribution in [0.1, 0.15) is 13.8 Å². The van der Waals surface area contributed by atoms with Gasteiger partial charge in [-0.15, -0.1) is 0 Å². The Labute approximate surface area is 79.5 Å². The van der Waals surface area contributed by atoms with Crippen LogP contribution in [-0.2, 0) is 4.79 Å². The summed E-state index contributed by atoms with van der Waals surface area (Å²) in [6.45, 7) is 9.17. The van der Waals surface area contributed by atoms with Gasteiger partial charge in [-0.2, -0.15) is 0 Å². The molecular formula is C10H18N2O. The number of nitrogens with one attached hydrogen (secondary N) is 1. The average Bonchev–Trinajstić information content (AvgIpc) is 1.90. The molecule has 0 bridgehead atoms. The van der Waals surface area contributed by atoms with Crippen molar-refractivity contribution in [3.63, 3.8) is 0 Å². The zero-order valence-electron chi connectivity index (χ0n) is 8.47. The van der Waals surface area contributed by atoms with E-state index in [0.29, 0.717) is 17.7 Å². The predicted molar refractivity (Wildman–Crippen MR) is 51.6 cm³/mol. The fourth-order valence-corrected chi connectivity index (χ4v) is 2.12. The van der Waals surface area contributed by atoms with Gasteiger partial charge in [0, 0.05) is 37.5 Å². The molecule has 0 amide bonds. The van der Waals surface area contributed by atoms with E-state index in [9.17, 15) is 4.79 Å². The number of Topliss-reactive ketones (excluding diaryl/α,β-unsaturated/α-hetero) is 1. The number of hydrogen-bond acceptors (Lipinski definition) is 3. The highest BCUT2D eigenvalue weighted by Gasteiger charge is 2.47. The maximum Gasteiger partial charge on any atom is 0.149 e. The number of likely N-dealkylation sites (tertiary alicyclic amines) is 1. The molecule has 0 radical (unpaired) electrons. The van der Waals surface area contributed by atoms with Gasteiger partial charge in [-0.05, 0) is 0 Å². The third-order valence-electron chi connectivity index (χ3n) is 3.14. The summed E-state index contributed by atoms with van der Waals surface area (Å²) in [5, 5.41) is 3.29. The molecule has 0 aromatic carbocycles. The van der Waals surface area contributed by atoms with Crippen molar-refractivity contribution in [2.45, 2.75) is 13.8 Å². The van der Waals surface area contributed by atoms with E-state index < -0.39 is 0 Å². The Balaban J connectivity index is 1.72. The molecule has 1 spiro atoms. The Morgan fingerprint density at radius 1 is 1.46 bits per heavy atom. The molecule has 3 heteroatoms. The van der Waals surface area contributed by atoms with Crippen LogP contribution in [-0.4, -0.2) is 43.4 Å². The van der Waals surface area contributed by atoms with Crippen LogP contribution in [0.15, 0.2) is 0 Å². The third kappa shape index (κ3) is 1.63. The zero-order chi connectivity index (χ0) is 9.47. The largest absolute Gasteiger partial charge is 0.315 e. The first-order valence-electron chi connectivity index (χ1n) is 5.07. The van der Waals surface area contributed by atoms with Gasteiger partial charge in [-0.25, -0.2) is 0 Å². The lowest BCUT2D eigenvalue weighted by Gasteiger charge is -2.56. The number of hydrogen-bond donors (Lipinski definition) is 1. The summed E-state index contributed by atoms with van der Waals surface area (Å²) in [7, 11) is 0. The number of ketones is 1. The fraction of sp³-hybridized carbons (Fsp3) is 0.900. The van der Waals surface area contributed by atoms with E-state index in [1.54, 1.807) is 0 Å². The van der Waals surface area contributed by atoms with Crippen LogP contribution in [0.4, 0.5) is 0 Å². The van der Waals surface area contributed by atoms with Gasteiger partial charge < -0.3 is 5.32 Å². The molecule has 2 saturated heterocycles. The van der Waals surface area contributed by atoms with Crippen LogP contribution in [0.5, 0.6) is 0 Å². The van der Waals surface area contributed by atoms with Gasteiger partial charge in [0.05, 0.1) is 6.54 Å². The van der Waals surface area contributed by atoms with Crippen molar-refractivity contribution >= 4 is 5.78 Å². The molecule has 3 nitrogen and oxygen atoms in total. The molecular weight excluding hydrogens is 164 g/mol. The van der Waals surface area contributed by atoms with Crippen molar-refractivity contribution in [1.29, 1.82) is 0 Å². The summed E-state index contributed by atoms with van der Waals surface area (Å²) in [5.74, 6) is 0.568. The first-order valence-corrected chi connectivity index (χ1v) is 5.07. The quantitative estimate of drug-likeness (QED) is 0.672. The molecule has 0 aromatic rings. The van der Waals surface area contributed by atoms with E-state index in [1.807, 2.05) is 13.8 Å². The van der Waals surface area contributed by atoms with Crippen molar-refractivity contribution in [2.75, 3.05) is 32.7 Å². The van der Waals surface area contributed by atoms with Gasteiger partial charge >= 0.3 is 0 Å². The fourth-order valence-electron chi connectivity index (χ4n) is 2.12. The molecule has 1 N–H and O–H groups in total. The first kappa shape index (κ1) is 9.16. The second-order valence-corrected chi connectivity index (χ2v) is 4.87. The Hall–Kier alpha value is -0.410. The summed E-state index contributed by atoms with van der Waals surface area (Å²) < 4.78 is 0. The lowest BCUT2D eigenvalue weighted by Crippen LogP contribution is -2.71. The third-order valence-corrected chi connectivity index (χ3v) is 3.14. The van der Waals surface area contributed by atoms with E-state index in [2.05, 4.69) is 10.2 Å². The Morgan fingerprint density at radius 3 is 2.46 bits per heavy atom. The van der Waals surface area contributed by atoms with Crippen molar-refractivity contribution in [2.24, 2.45) is 11.3 Å². The molecule has 2 aliphatic heterocycles. The normalized spacial score (nSPS) is 25.8. The molecule has 2 heterocycles. The summed E-state index contributed by atoms with van der Waals surface area (Å²) in [6, 6.07) is 0. The van der Waals surface area contributed by atoms with Gasteiger partial charge in [-0.1, -0.05) is 13.8 Å². The number of nitrogens with zero attached hydrogens (tertiary/aromatic N) is 1. The SMILES string of the molecule is CC(C)C(=O)CN1CC2(CNC2)C1. The summed E-state index contributed by atoms with van der Waals surface area (Å²) in [4.78, 5) is 13.7. The predicted octanol–water partition coefficient (Wildman–Crippen LogP) is 0.117. The van der Waals surface area contributed by atoms with Crippen LogP contribution in [0.2, 0.25) is 0 Å². The molecule has 74 valence electrons. The summed E-state index contributed by atoms with van der Waals surface area (Å²) >= 11 is 0. The van der Waals surface area contributed by atoms with Crippen molar-refractivity contribution < 1.29 is 4.79 Å². The molecule has 0 saturated carbocycles. The molecule has 0 aliphatic carbocycles. The minimum Gasteiger partial charge on any atom is -0.315 e. The minimum absolute atomic E-state index is 0.191. The van der Waals surface area contributed by atoms with E-state index in [4.69, 9.17) is 0 Å². The zero-order valence-corrected chi connectivity index (χ0v) is 8.47. The van der Waals surface area contributed by atoms with Crippen molar-refractivity contribution in [1.82, 2.24) is 10.2 Å². The Kier molecular flexibility index (Phi) is 2.16. The van der Waals surface area contributed by atoms with Gasteiger partial charge in [0.15, 0.2) is 0 Å². The molecule has 0 atom stereocenters. The van der Waals surface area contributed by atoms with Crippen LogP contribution in [0, 0.1) is 11.3 Å². The van der Waals surface area contributed by atoms with Crippen molar-refractivity contribution in [3.8, 4) is 0 Å². The van der Waals surface area contributed by atoms with Gasteiger partial charge in [0.1, 0.15) is 5.78 Å². The number of rotatable bonds is 3. The molecule has 0 unspecified atom stereocenters. The van der Waals surface area contributed by atoms with E-state index in [0.717, 1.165) is 26.2 Å². The maximum absolute atomic E-state index is 11.4. The lowest BCUT2D eigenvalue weighted by molar-refractivity contribution is -0.128. The molecule has 0 aromatic heterocycles. The smallest absolute Gasteiger partial charge is 0.149 e. The lowest BCUT2D eigenvalue weighted by atomic mass is 9.74. The maximum atomic E-state index is 11.4. The van der Waals surface area contributed by atoms with Crippen LogP contribution < -0.4 is 5.32 Å². The Bertz CT molecular complexity index is 213.